The number of carbonyl (C=O) groups is 2. The molecule has 9 heteroatoms. The number of rotatable bonds is 8. The lowest BCUT2D eigenvalue weighted by atomic mass is 9.95. The molecule has 3 heterocycles. The summed E-state index contributed by atoms with van der Waals surface area (Å²) in [5.74, 6) is -0.0791. The standard InChI is InChI=1S/C33H32N2O6S/c1-4-5-6-13-39-23-10-7-21(8-11-23)29-27(30(36)22-9-12-24-25(18-22)41-15-14-40-24)31(37)32(38)35(29)33-34-28-20(3)16-19(2)17-26(28)42-33/h7-12,16-18,29,36H,4-6,13-15H2,1-3H3/t29-/m1/s1. The predicted molar refractivity (Wildman–Crippen MR) is 163 cm³/mol. The van der Waals surface area contributed by atoms with Gasteiger partial charge in [0.15, 0.2) is 16.6 Å². The molecule has 0 unspecified atom stereocenters. The minimum Gasteiger partial charge on any atom is -0.507 e. The lowest BCUT2D eigenvalue weighted by Gasteiger charge is -2.23. The van der Waals surface area contributed by atoms with Gasteiger partial charge in [-0.25, -0.2) is 4.98 Å². The van der Waals surface area contributed by atoms with E-state index in [4.69, 9.17) is 19.2 Å². The summed E-state index contributed by atoms with van der Waals surface area (Å²) in [7, 11) is 0. The Balaban J connectivity index is 1.46. The molecule has 6 rings (SSSR count). The summed E-state index contributed by atoms with van der Waals surface area (Å²) in [4.78, 5) is 33.6. The van der Waals surface area contributed by atoms with Crippen LogP contribution >= 0.6 is 11.3 Å². The van der Waals surface area contributed by atoms with E-state index in [1.165, 1.54) is 16.2 Å². The number of fused-ring (bicyclic) bond motifs is 2. The third-order valence-electron chi connectivity index (χ3n) is 7.50. The van der Waals surface area contributed by atoms with Gasteiger partial charge < -0.3 is 19.3 Å². The quantitative estimate of drug-likeness (QED) is 0.104. The summed E-state index contributed by atoms with van der Waals surface area (Å²) in [6, 6.07) is 15.5. The second kappa shape index (κ2) is 11.5. The summed E-state index contributed by atoms with van der Waals surface area (Å²) in [5.41, 5.74) is 3.85. The Morgan fingerprint density at radius 2 is 1.79 bits per heavy atom. The minimum atomic E-state index is -0.894. The van der Waals surface area contributed by atoms with Crippen molar-refractivity contribution in [2.75, 3.05) is 24.7 Å². The largest absolute Gasteiger partial charge is 0.507 e. The summed E-state index contributed by atoms with van der Waals surface area (Å²) >= 11 is 1.35. The van der Waals surface area contributed by atoms with Gasteiger partial charge in [-0.2, -0.15) is 0 Å². The van der Waals surface area contributed by atoms with Crippen LogP contribution in [0.15, 0.2) is 60.2 Å². The highest BCUT2D eigenvalue weighted by Crippen LogP contribution is 2.45. The zero-order valence-corrected chi connectivity index (χ0v) is 24.6. The molecule has 1 amide bonds. The molecule has 3 aromatic carbocycles. The minimum absolute atomic E-state index is 0.0135. The van der Waals surface area contributed by atoms with Crippen LogP contribution in [0.1, 0.15) is 54.5 Å². The fourth-order valence-corrected chi connectivity index (χ4v) is 6.61. The monoisotopic (exact) mass is 584 g/mol. The number of hydrogen-bond donors (Lipinski definition) is 1. The number of thiazole rings is 1. The molecule has 2 aliphatic rings. The van der Waals surface area contributed by atoms with Gasteiger partial charge >= 0.3 is 5.91 Å². The molecule has 8 nitrogen and oxygen atoms in total. The molecule has 1 saturated heterocycles. The average Bonchev–Trinajstić information content (AvgIpc) is 3.53. The number of carbonyl (C=O) groups excluding carboxylic acids is 2. The number of hydrogen-bond acceptors (Lipinski definition) is 8. The fraction of sp³-hybridized carbons (Fsp3) is 0.303. The van der Waals surface area contributed by atoms with Crippen LogP contribution in [0.4, 0.5) is 5.13 Å². The van der Waals surface area contributed by atoms with Gasteiger partial charge in [-0.05, 0) is 73.4 Å². The zero-order chi connectivity index (χ0) is 29.4. The number of anilines is 1. The number of aliphatic hydroxyl groups excluding tert-OH is 1. The van der Waals surface area contributed by atoms with E-state index in [9.17, 15) is 14.7 Å². The van der Waals surface area contributed by atoms with Gasteiger partial charge in [0.05, 0.1) is 28.4 Å². The number of aliphatic hydroxyl groups is 1. The molecule has 1 fully saturated rings. The van der Waals surface area contributed by atoms with Crippen molar-refractivity contribution in [3.05, 3.63) is 82.4 Å². The van der Waals surface area contributed by atoms with Crippen molar-refractivity contribution in [2.45, 2.75) is 46.1 Å². The Morgan fingerprint density at radius 3 is 2.55 bits per heavy atom. The highest BCUT2D eigenvalue weighted by molar-refractivity contribution is 7.22. The SMILES string of the molecule is CCCCCOc1ccc([C@@H]2C(=C(O)c3ccc4c(c3)OCCO4)C(=O)C(=O)N2c2nc3c(C)cc(C)cc3s2)cc1. The maximum absolute atomic E-state index is 13.7. The van der Waals surface area contributed by atoms with Gasteiger partial charge in [0.25, 0.3) is 5.78 Å². The molecule has 0 saturated carbocycles. The van der Waals surface area contributed by atoms with Crippen molar-refractivity contribution < 1.29 is 28.9 Å². The topological polar surface area (TPSA) is 98.2 Å². The maximum Gasteiger partial charge on any atom is 0.301 e. The van der Waals surface area contributed by atoms with Crippen molar-refractivity contribution in [1.82, 2.24) is 4.98 Å². The van der Waals surface area contributed by atoms with Gasteiger partial charge in [0, 0.05) is 5.56 Å². The van der Waals surface area contributed by atoms with Gasteiger partial charge in [-0.3, -0.25) is 14.5 Å². The summed E-state index contributed by atoms with van der Waals surface area (Å²) < 4.78 is 18.1. The Bertz CT molecular complexity index is 1710. The molecule has 0 aliphatic carbocycles. The normalized spacial score (nSPS) is 17.7. The molecule has 0 spiro atoms. The molecule has 42 heavy (non-hydrogen) atoms. The highest BCUT2D eigenvalue weighted by atomic mass is 32.1. The lowest BCUT2D eigenvalue weighted by Crippen LogP contribution is -2.29. The smallest absolute Gasteiger partial charge is 0.301 e. The van der Waals surface area contributed by atoms with Crippen LogP contribution in [0.2, 0.25) is 0 Å². The molecular formula is C33H32N2O6S. The van der Waals surface area contributed by atoms with Crippen LogP contribution < -0.4 is 19.1 Å². The van der Waals surface area contributed by atoms with Crippen molar-refractivity contribution in [3.8, 4) is 17.2 Å². The number of Topliss-reactive ketones (excluding diaryl/α,β-unsaturated/α-hetero) is 1. The van der Waals surface area contributed by atoms with Crippen molar-refractivity contribution in [3.63, 3.8) is 0 Å². The number of aromatic nitrogens is 1. The summed E-state index contributed by atoms with van der Waals surface area (Å²) in [5, 5.41) is 12.0. The molecule has 1 atom stereocenters. The first-order chi connectivity index (χ1) is 20.4. The zero-order valence-electron chi connectivity index (χ0n) is 23.8. The van der Waals surface area contributed by atoms with Gasteiger partial charge in [0.1, 0.15) is 24.7 Å². The summed E-state index contributed by atoms with van der Waals surface area (Å²) in [6.45, 7) is 7.56. The molecule has 2 aliphatic heterocycles. The Hall–Kier alpha value is -4.37. The first-order valence-corrected chi connectivity index (χ1v) is 15.0. The van der Waals surface area contributed by atoms with Crippen molar-refractivity contribution >= 4 is 44.1 Å². The van der Waals surface area contributed by atoms with E-state index in [-0.39, 0.29) is 11.3 Å². The van der Waals surface area contributed by atoms with E-state index < -0.39 is 17.7 Å². The van der Waals surface area contributed by atoms with Crippen LogP contribution in [0.5, 0.6) is 17.2 Å². The first-order valence-electron chi connectivity index (χ1n) is 14.2. The summed E-state index contributed by atoms with van der Waals surface area (Å²) in [6.07, 6.45) is 3.16. The molecule has 216 valence electrons. The molecule has 0 radical (unpaired) electrons. The van der Waals surface area contributed by atoms with E-state index in [1.807, 2.05) is 50.2 Å². The lowest BCUT2D eigenvalue weighted by molar-refractivity contribution is -0.132. The van der Waals surface area contributed by atoms with E-state index in [2.05, 4.69) is 6.92 Å². The van der Waals surface area contributed by atoms with Crippen LogP contribution in [0, 0.1) is 13.8 Å². The van der Waals surface area contributed by atoms with E-state index >= 15 is 0 Å². The van der Waals surface area contributed by atoms with Crippen LogP contribution in [-0.2, 0) is 9.59 Å². The van der Waals surface area contributed by atoms with Crippen LogP contribution in [-0.4, -0.2) is 41.6 Å². The third kappa shape index (κ3) is 5.09. The van der Waals surface area contributed by atoms with Gasteiger partial charge in [-0.15, -0.1) is 0 Å². The van der Waals surface area contributed by atoms with E-state index in [0.717, 1.165) is 40.6 Å². The van der Waals surface area contributed by atoms with Crippen LogP contribution in [0.3, 0.4) is 0 Å². The van der Waals surface area contributed by atoms with Crippen LogP contribution in [0.25, 0.3) is 16.0 Å². The second-order valence-corrected chi connectivity index (χ2v) is 11.6. The van der Waals surface area contributed by atoms with Gasteiger partial charge in [-0.1, -0.05) is 49.3 Å². The van der Waals surface area contributed by atoms with Gasteiger partial charge in [0.2, 0.25) is 0 Å². The number of ketones is 1. The Morgan fingerprint density at radius 1 is 1.02 bits per heavy atom. The van der Waals surface area contributed by atoms with Crippen molar-refractivity contribution in [1.29, 1.82) is 0 Å². The molecule has 0 bridgehead atoms. The highest BCUT2D eigenvalue weighted by Gasteiger charge is 2.48. The first kappa shape index (κ1) is 27.8. The molecule has 4 aromatic rings. The Labute approximate surface area is 248 Å². The number of ether oxygens (including phenoxy) is 3. The van der Waals surface area contributed by atoms with Crippen molar-refractivity contribution in [2.24, 2.45) is 0 Å². The van der Waals surface area contributed by atoms with E-state index in [1.54, 1.807) is 18.2 Å². The molecular weight excluding hydrogens is 552 g/mol. The number of unbranched alkanes of at least 4 members (excludes halogenated alkanes) is 2. The maximum atomic E-state index is 13.7. The Kier molecular flexibility index (Phi) is 7.60. The number of nitrogens with zero attached hydrogens (tertiary/aromatic N) is 2. The fourth-order valence-electron chi connectivity index (χ4n) is 5.44. The predicted octanol–water partition coefficient (Wildman–Crippen LogP) is 6.88. The number of amides is 1. The second-order valence-electron chi connectivity index (χ2n) is 10.6. The average molecular weight is 585 g/mol. The third-order valence-corrected chi connectivity index (χ3v) is 8.50. The molecule has 1 N–H and O–H groups in total. The number of benzene rings is 3. The van der Waals surface area contributed by atoms with E-state index in [0.29, 0.717) is 53.3 Å². The molecule has 1 aromatic heterocycles. The number of aryl methyl sites for hydroxylation is 2.